The molecule has 1 atom stereocenters. The van der Waals surface area contributed by atoms with Gasteiger partial charge in [0, 0.05) is 6.54 Å². The Labute approximate surface area is 108 Å². The van der Waals surface area contributed by atoms with E-state index in [-0.39, 0.29) is 0 Å². The van der Waals surface area contributed by atoms with Gasteiger partial charge in [-0.05, 0) is 41.7 Å². The molecule has 2 aromatic rings. The molecular weight excluding hydrogens is 222 g/mol. The summed E-state index contributed by atoms with van der Waals surface area (Å²) in [5, 5.41) is 10.4. The van der Waals surface area contributed by atoms with E-state index in [9.17, 15) is 5.11 Å². The van der Waals surface area contributed by atoms with Crippen LogP contribution in [0.25, 0.3) is 0 Å². The maximum absolute atomic E-state index is 10.4. The van der Waals surface area contributed by atoms with E-state index in [4.69, 9.17) is 5.73 Å². The number of rotatable bonds is 3. The minimum atomic E-state index is -0.587. The molecular formula is C16H19NO. The van der Waals surface area contributed by atoms with Gasteiger partial charge in [0.1, 0.15) is 6.10 Å². The fourth-order valence-electron chi connectivity index (χ4n) is 2.02. The van der Waals surface area contributed by atoms with Crippen LogP contribution in [0.3, 0.4) is 0 Å². The molecule has 0 spiro atoms. The molecule has 2 heteroatoms. The van der Waals surface area contributed by atoms with E-state index in [0.29, 0.717) is 6.54 Å². The van der Waals surface area contributed by atoms with Gasteiger partial charge in [0.25, 0.3) is 0 Å². The summed E-state index contributed by atoms with van der Waals surface area (Å²) in [7, 11) is 0. The first-order valence-electron chi connectivity index (χ1n) is 6.16. The average Bonchev–Trinajstić information content (AvgIpc) is 2.41. The maximum Gasteiger partial charge on any atom is 0.104 e. The van der Waals surface area contributed by atoms with Crippen molar-refractivity contribution < 1.29 is 5.11 Å². The van der Waals surface area contributed by atoms with Crippen molar-refractivity contribution in [2.24, 2.45) is 5.73 Å². The standard InChI is InChI=1S/C16H19NO/c1-11-6-7-15(8-12(11)2)16(18)14-5-3-4-13(9-14)10-17/h3-9,16,18H,10,17H2,1-2H3. The smallest absolute Gasteiger partial charge is 0.104 e. The lowest BCUT2D eigenvalue weighted by Crippen LogP contribution is -2.03. The van der Waals surface area contributed by atoms with Crippen molar-refractivity contribution in [3.05, 3.63) is 70.3 Å². The van der Waals surface area contributed by atoms with E-state index in [2.05, 4.69) is 13.8 Å². The summed E-state index contributed by atoms with van der Waals surface area (Å²) >= 11 is 0. The van der Waals surface area contributed by atoms with Gasteiger partial charge in [0.2, 0.25) is 0 Å². The van der Waals surface area contributed by atoms with Crippen molar-refractivity contribution in [1.29, 1.82) is 0 Å². The Hall–Kier alpha value is -1.64. The van der Waals surface area contributed by atoms with Crippen molar-refractivity contribution in [1.82, 2.24) is 0 Å². The maximum atomic E-state index is 10.4. The van der Waals surface area contributed by atoms with E-state index in [1.54, 1.807) is 0 Å². The number of hydrogen-bond donors (Lipinski definition) is 2. The highest BCUT2D eigenvalue weighted by Gasteiger charge is 2.11. The molecule has 0 fully saturated rings. The second-order valence-electron chi connectivity index (χ2n) is 4.70. The Bertz CT molecular complexity index is 549. The van der Waals surface area contributed by atoms with Gasteiger partial charge in [0.15, 0.2) is 0 Å². The molecule has 3 N–H and O–H groups in total. The van der Waals surface area contributed by atoms with Crippen LogP contribution in [0.5, 0.6) is 0 Å². The number of aryl methyl sites for hydroxylation is 2. The summed E-state index contributed by atoms with van der Waals surface area (Å²) in [5.74, 6) is 0. The van der Waals surface area contributed by atoms with Gasteiger partial charge in [-0.3, -0.25) is 0 Å². The minimum absolute atomic E-state index is 0.494. The third-order valence-corrected chi connectivity index (χ3v) is 3.35. The second-order valence-corrected chi connectivity index (χ2v) is 4.70. The summed E-state index contributed by atoms with van der Waals surface area (Å²) in [6, 6.07) is 13.8. The predicted molar refractivity (Wildman–Crippen MR) is 74.3 cm³/mol. The first-order chi connectivity index (χ1) is 8.61. The third-order valence-electron chi connectivity index (χ3n) is 3.35. The number of aliphatic hydroxyl groups excluding tert-OH is 1. The van der Waals surface area contributed by atoms with Crippen LogP contribution in [-0.4, -0.2) is 5.11 Å². The van der Waals surface area contributed by atoms with E-state index in [0.717, 1.165) is 16.7 Å². The van der Waals surface area contributed by atoms with Gasteiger partial charge in [-0.25, -0.2) is 0 Å². The van der Waals surface area contributed by atoms with Crippen LogP contribution in [0.2, 0.25) is 0 Å². The Morgan fingerprint density at radius 2 is 1.72 bits per heavy atom. The fourth-order valence-corrected chi connectivity index (χ4v) is 2.02. The predicted octanol–water partition coefficient (Wildman–Crippen LogP) is 2.84. The van der Waals surface area contributed by atoms with Gasteiger partial charge in [0.05, 0.1) is 0 Å². The molecule has 0 saturated heterocycles. The number of hydrogen-bond acceptors (Lipinski definition) is 2. The van der Waals surface area contributed by atoms with Crippen molar-refractivity contribution in [3.63, 3.8) is 0 Å². The van der Waals surface area contributed by atoms with Crippen LogP contribution < -0.4 is 5.73 Å². The molecule has 0 aliphatic carbocycles. The molecule has 0 amide bonds. The summed E-state index contributed by atoms with van der Waals surface area (Å²) in [5.41, 5.74) is 10.9. The van der Waals surface area contributed by atoms with Crippen molar-refractivity contribution in [3.8, 4) is 0 Å². The quantitative estimate of drug-likeness (QED) is 0.868. The molecule has 18 heavy (non-hydrogen) atoms. The van der Waals surface area contributed by atoms with Gasteiger partial charge >= 0.3 is 0 Å². The van der Waals surface area contributed by atoms with E-state index < -0.39 is 6.10 Å². The molecule has 2 nitrogen and oxygen atoms in total. The number of nitrogens with two attached hydrogens (primary N) is 1. The van der Waals surface area contributed by atoms with Crippen LogP contribution in [0, 0.1) is 13.8 Å². The molecule has 94 valence electrons. The monoisotopic (exact) mass is 241 g/mol. The molecule has 0 heterocycles. The van der Waals surface area contributed by atoms with Gasteiger partial charge in [-0.15, -0.1) is 0 Å². The second kappa shape index (κ2) is 5.34. The normalized spacial score (nSPS) is 12.4. The van der Waals surface area contributed by atoms with Crippen molar-refractivity contribution >= 4 is 0 Å². The minimum Gasteiger partial charge on any atom is -0.384 e. The van der Waals surface area contributed by atoms with Gasteiger partial charge in [-0.1, -0.05) is 42.5 Å². The summed E-state index contributed by atoms with van der Waals surface area (Å²) in [6.07, 6.45) is -0.587. The van der Waals surface area contributed by atoms with Crippen molar-refractivity contribution in [2.75, 3.05) is 0 Å². The molecule has 2 rings (SSSR count). The molecule has 0 radical (unpaired) electrons. The van der Waals surface area contributed by atoms with Crippen LogP contribution >= 0.6 is 0 Å². The highest BCUT2D eigenvalue weighted by molar-refractivity contribution is 5.37. The zero-order chi connectivity index (χ0) is 13.1. The van der Waals surface area contributed by atoms with E-state index in [1.807, 2.05) is 42.5 Å². The molecule has 0 aromatic heterocycles. The summed E-state index contributed by atoms with van der Waals surface area (Å²) < 4.78 is 0. The Morgan fingerprint density at radius 3 is 2.39 bits per heavy atom. The van der Waals surface area contributed by atoms with E-state index in [1.165, 1.54) is 11.1 Å². The van der Waals surface area contributed by atoms with E-state index >= 15 is 0 Å². The molecule has 0 aliphatic rings. The largest absolute Gasteiger partial charge is 0.384 e. The topological polar surface area (TPSA) is 46.2 Å². The Morgan fingerprint density at radius 1 is 1.00 bits per heavy atom. The fraction of sp³-hybridized carbons (Fsp3) is 0.250. The number of benzene rings is 2. The Kier molecular flexibility index (Phi) is 3.80. The molecule has 0 aliphatic heterocycles. The molecule has 1 unspecified atom stereocenters. The van der Waals surface area contributed by atoms with Crippen LogP contribution in [0.4, 0.5) is 0 Å². The number of aliphatic hydroxyl groups is 1. The third kappa shape index (κ3) is 2.61. The van der Waals surface area contributed by atoms with Crippen LogP contribution in [-0.2, 0) is 6.54 Å². The van der Waals surface area contributed by atoms with Crippen molar-refractivity contribution in [2.45, 2.75) is 26.5 Å². The first-order valence-corrected chi connectivity index (χ1v) is 6.16. The van der Waals surface area contributed by atoms with Crippen LogP contribution in [0.1, 0.15) is 33.9 Å². The molecule has 2 aromatic carbocycles. The highest BCUT2D eigenvalue weighted by Crippen LogP contribution is 2.24. The molecule has 0 bridgehead atoms. The SMILES string of the molecule is Cc1ccc(C(O)c2cccc(CN)c2)cc1C. The lowest BCUT2D eigenvalue weighted by atomic mass is 9.97. The highest BCUT2D eigenvalue weighted by atomic mass is 16.3. The zero-order valence-electron chi connectivity index (χ0n) is 10.9. The molecule has 0 saturated carbocycles. The lowest BCUT2D eigenvalue weighted by molar-refractivity contribution is 0.220. The van der Waals surface area contributed by atoms with Gasteiger partial charge < -0.3 is 10.8 Å². The Balaban J connectivity index is 2.34. The zero-order valence-corrected chi connectivity index (χ0v) is 10.9. The van der Waals surface area contributed by atoms with Crippen LogP contribution in [0.15, 0.2) is 42.5 Å². The average molecular weight is 241 g/mol. The summed E-state index contributed by atoms with van der Waals surface area (Å²) in [4.78, 5) is 0. The van der Waals surface area contributed by atoms with Gasteiger partial charge in [-0.2, -0.15) is 0 Å². The first kappa shape index (κ1) is 12.8. The summed E-state index contributed by atoms with van der Waals surface area (Å²) in [6.45, 7) is 4.62. The lowest BCUT2D eigenvalue weighted by Gasteiger charge is -2.14.